The Morgan fingerprint density at radius 1 is 0.643 bits per heavy atom. The van der Waals surface area contributed by atoms with E-state index in [-0.39, 0.29) is 17.4 Å². The summed E-state index contributed by atoms with van der Waals surface area (Å²) >= 11 is 0. The monoisotopic (exact) mass is 388 g/mol. The summed E-state index contributed by atoms with van der Waals surface area (Å²) in [5, 5.41) is 0. The molecule has 1 nitrogen and oxygen atoms in total. The summed E-state index contributed by atoms with van der Waals surface area (Å²) in [6.07, 6.45) is 0.117. The maximum absolute atomic E-state index is 6.49. The van der Waals surface area contributed by atoms with Crippen molar-refractivity contribution in [2.45, 2.75) is 45.9 Å². The Bertz CT molecular complexity index is 826. The second kappa shape index (κ2) is 8.89. The molecule has 0 saturated carbocycles. The molecule has 0 amide bonds. The summed E-state index contributed by atoms with van der Waals surface area (Å²) in [6, 6.07) is 30.6. The van der Waals surface area contributed by atoms with Gasteiger partial charge in [0.05, 0.1) is 6.10 Å². The highest BCUT2D eigenvalue weighted by Crippen LogP contribution is 2.39. The number of rotatable bonds is 6. The molecule has 0 N–H and O–H groups in total. The summed E-state index contributed by atoms with van der Waals surface area (Å²) in [6.45, 7) is 11.3. The van der Waals surface area contributed by atoms with E-state index in [9.17, 15) is 0 Å². The first kappa shape index (κ1) is 20.6. The molecular formula is C26H32OSi. The Hall–Kier alpha value is -2.16. The van der Waals surface area contributed by atoms with Crippen LogP contribution in [0.1, 0.15) is 55.0 Å². The van der Waals surface area contributed by atoms with Crippen molar-refractivity contribution in [1.82, 2.24) is 0 Å². The fourth-order valence-corrected chi connectivity index (χ4v) is 4.93. The molecule has 0 aliphatic carbocycles. The normalized spacial score (nSPS) is 13.1. The van der Waals surface area contributed by atoms with Crippen LogP contribution in [0.2, 0.25) is 13.1 Å². The molecular weight excluding hydrogens is 356 g/mol. The van der Waals surface area contributed by atoms with Crippen LogP contribution in [-0.2, 0) is 4.43 Å². The maximum Gasteiger partial charge on any atom is 0.171 e. The molecule has 146 valence electrons. The third-order valence-corrected chi connectivity index (χ3v) is 5.82. The first-order valence-corrected chi connectivity index (χ1v) is 13.0. The van der Waals surface area contributed by atoms with Gasteiger partial charge in [-0.1, -0.05) is 106 Å². The third-order valence-electron chi connectivity index (χ3n) is 5.01. The molecule has 3 aromatic rings. The van der Waals surface area contributed by atoms with Crippen molar-refractivity contribution < 1.29 is 4.43 Å². The Balaban J connectivity index is 2.08. The van der Waals surface area contributed by atoms with Crippen molar-refractivity contribution in [2.24, 2.45) is 5.41 Å². The molecule has 0 radical (unpaired) electrons. The van der Waals surface area contributed by atoms with Crippen LogP contribution in [0.4, 0.5) is 0 Å². The lowest BCUT2D eigenvalue weighted by Gasteiger charge is -2.33. The zero-order valence-electron chi connectivity index (χ0n) is 17.7. The number of hydrogen-bond donors (Lipinski definition) is 0. The predicted octanol–water partition coefficient (Wildman–Crippen LogP) is 6.95. The van der Waals surface area contributed by atoms with Crippen LogP contribution < -0.4 is 0 Å². The summed E-state index contributed by atoms with van der Waals surface area (Å²) in [5.41, 5.74) is 5.29. The van der Waals surface area contributed by atoms with E-state index in [2.05, 4.69) is 119 Å². The molecule has 0 aliphatic heterocycles. The molecule has 0 spiro atoms. The summed E-state index contributed by atoms with van der Waals surface area (Å²) < 4.78 is 6.49. The molecule has 3 rings (SSSR count). The molecule has 3 aromatic carbocycles. The van der Waals surface area contributed by atoms with E-state index < -0.39 is 9.04 Å². The van der Waals surface area contributed by atoms with Crippen molar-refractivity contribution in [3.05, 3.63) is 107 Å². The smallest absolute Gasteiger partial charge is 0.171 e. The van der Waals surface area contributed by atoms with Crippen LogP contribution in [-0.4, -0.2) is 9.04 Å². The topological polar surface area (TPSA) is 9.23 Å². The van der Waals surface area contributed by atoms with Crippen LogP contribution in [0.25, 0.3) is 0 Å². The minimum atomic E-state index is -1.16. The first-order chi connectivity index (χ1) is 13.4. The minimum Gasteiger partial charge on any atom is -0.413 e. The van der Waals surface area contributed by atoms with E-state index in [1.165, 1.54) is 22.3 Å². The van der Waals surface area contributed by atoms with E-state index in [4.69, 9.17) is 4.43 Å². The summed E-state index contributed by atoms with van der Waals surface area (Å²) in [7, 11) is -1.16. The van der Waals surface area contributed by atoms with Crippen molar-refractivity contribution in [2.75, 3.05) is 0 Å². The van der Waals surface area contributed by atoms with Gasteiger partial charge in [-0.3, -0.25) is 0 Å². The van der Waals surface area contributed by atoms with E-state index in [1.54, 1.807) is 0 Å². The summed E-state index contributed by atoms with van der Waals surface area (Å²) in [5.74, 6) is 0.222. The van der Waals surface area contributed by atoms with Crippen LogP contribution in [0, 0.1) is 5.41 Å². The molecule has 0 aromatic heterocycles. The van der Waals surface area contributed by atoms with Gasteiger partial charge in [-0.2, -0.15) is 0 Å². The Labute approximate surface area is 172 Å². The molecule has 0 fully saturated rings. The Morgan fingerprint density at radius 2 is 1.11 bits per heavy atom. The standard InChI is InChI=1S/C26H32OSi/c1-26(2,3)25(27-28(4)5)23-18-12-17-22(19-23)24(20-13-8-6-9-14-20)21-15-10-7-11-16-21/h6-19,24-25,28H,1-5H3. The average Bonchev–Trinajstić information content (AvgIpc) is 2.67. The first-order valence-electron chi connectivity index (χ1n) is 10.2. The fourth-order valence-electron chi connectivity index (χ4n) is 3.82. The average molecular weight is 389 g/mol. The van der Waals surface area contributed by atoms with Gasteiger partial charge < -0.3 is 4.43 Å². The van der Waals surface area contributed by atoms with Crippen LogP contribution in [0.5, 0.6) is 0 Å². The lowest BCUT2D eigenvalue weighted by molar-refractivity contribution is 0.0865. The highest BCUT2D eigenvalue weighted by molar-refractivity contribution is 6.48. The lowest BCUT2D eigenvalue weighted by Crippen LogP contribution is -2.26. The van der Waals surface area contributed by atoms with E-state index in [1.807, 2.05) is 0 Å². The van der Waals surface area contributed by atoms with E-state index in [0.717, 1.165) is 0 Å². The van der Waals surface area contributed by atoms with E-state index in [0.29, 0.717) is 0 Å². The van der Waals surface area contributed by atoms with Crippen LogP contribution >= 0.6 is 0 Å². The Kier molecular flexibility index (Phi) is 6.53. The van der Waals surface area contributed by atoms with Gasteiger partial charge in [0.25, 0.3) is 0 Å². The second-order valence-electron chi connectivity index (χ2n) is 8.86. The van der Waals surface area contributed by atoms with Gasteiger partial charge in [-0.25, -0.2) is 0 Å². The summed E-state index contributed by atoms with van der Waals surface area (Å²) in [4.78, 5) is 0. The zero-order chi connectivity index (χ0) is 20.1. The predicted molar refractivity (Wildman–Crippen MR) is 122 cm³/mol. The third kappa shape index (κ3) is 5.01. The largest absolute Gasteiger partial charge is 0.413 e. The Morgan fingerprint density at radius 3 is 1.57 bits per heavy atom. The molecule has 0 heterocycles. The van der Waals surface area contributed by atoms with Gasteiger partial charge >= 0.3 is 0 Å². The van der Waals surface area contributed by atoms with Gasteiger partial charge in [0.1, 0.15) is 0 Å². The van der Waals surface area contributed by atoms with Crippen molar-refractivity contribution >= 4 is 9.04 Å². The van der Waals surface area contributed by atoms with Gasteiger partial charge in [0.15, 0.2) is 9.04 Å². The molecule has 0 aliphatic rings. The SMILES string of the molecule is C[SiH](C)OC(c1cccc(C(c2ccccc2)c2ccccc2)c1)C(C)(C)C. The van der Waals surface area contributed by atoms with Gasteiger partial charge in [0.2, 0.25) is 0 Å². The second-order valence-corrected chi connectivity index (χ2v) is 11.2. The molecule has 0 bridgehead atoms. The molecule has 1 unspecified atom stereocenters. The highest BCUT2D eigenvalue weighted by atomic mass is 28.3. The molecule has 1 atom stereocenters. The van der Waals surface area contributed by atoms with Gasteiger partial charge in [-0.05, 0) is 40.8 Å². The van der Waals surface area contributed by atoms with Gasteiger partial charge in [0, 0.05) is 5.92 Å². The van der Waals surface area contributed by atoms with Crippen molar-refractivity contribution in [3.8, 4) is 0 Å². The minimum absolute atomic E-state index is 0.0604. The molecule has 2 heteroatoms. The van der Waals surface area contributed by atoms with Crippen molar-refractivity contribution in [3.63, 3.8) is 0 Å². The lowest BCUT2D eigenvalue weighted by atomic mass is 9.81. The fraction of sp³-hybridized carbons (Fsp3) is 0.308. The number of benzene rings is 3. The van der Waals surface area contributed by atoms with Crippen molar-refractivity contribution in [1.29, 1.82) is 0 Å². The van der Waals surface area contributed by atoms with Crippen LogP contribution in [0.15, 0.2) is 84.9 Å². The van der Waals surface area contributed by atoms with Crippen LogP contribution in [0.3, 0.4) is 0 Å². The maximum atomic E-state index is 6.49. The quantitative estimate of drug-likeness (QED) is 0.328. The molecule has 0 saturated heterocycles. The van der Waals surface area contributed by atoms with Gasteiger partial charge in [-0.15, -0.1) is 0 Å². The zero-order valence-corrected chi connectivity index (χ0v) is 18.9. The molecule has 28 heavy (non-hydrogen) atoms. The number of hydrogen-bond acceptors (Lipinski definition) is 1. The van der Waals surface area contributed by atoms with E-state index >= 15 is 0 Å². The highest BCUT2D eigenvalue weighted by Gasteiger charge is 2.28.